The van der Waals surface area contributed by atoms with Gasteiger partial charge in [0, 0.05) is 18.9 Å². The lowest BCUT2D eigenvalue weighted by Crippen LogP contribution is -2.31. The van der Waals surface area contributed by atoms with Gasteiger partial charge in [-0.1, -0.05) is 0 Å². The van der Waals surface area contributed by atoms with Crippen molar-refractivity contribution in [1.82, 2.24) is 14.7 Å². The van der Waals surface area contributed by atoms with E-state index < -0.39 is 0 Å². The largest absolute Gasteiger partial charge is 0.340 e. The number of nitrogens with zero attached hydrogens (tertiary/aromatic N) is 3. The van der Waals surface area contributed by atoms with Gasteiger partial charge in [-0.25, -0.2) is 0 Å². The number of likely N-dealkylation sites (tertiary alicyclic amines) is 1. The highest BCUT2D eigenvalue weighted by atomic mass is 16.1. The van der Waals surface area contributed by atoms with Crippen molar-refractivity contribution in [3.05, 3.63) is 18.5 Å². The molecule has 1 amide bonds. The van der Waals surface area contributed by atoms with Gasteiger partial charge in [0.15, 0.2) is 0 Å². The molecule has 0 aliphatic carbocycles. The molecule has 1 atom stereocenters. The molecule has 1 aromatic heterocycles. The second-order valence-corrected chi connectivity index (χ2v) is 3.37. The number of aromatic nitrogens is 2. The molecule has 1 saturated heterocycles. The van der Waals surface area contributed by atoms with Crippen LogP contribution in [-0.4, -0.2) is 33.7 Å². The predicted molar refractivity (Wildman–Crippen MR) is 48.0 cm³/mol. The lowest BCUT2D eigenvalue weighted by atomic mass is 10.2. The van der Waals surface area contributed by atoms with Crippen molar-refractivity contribution in [2.75, 3.05) is 6.54 Å². The second kappa shape index (κ2) is 3.60. The van der Waals surface area contributed by atoms with Crippen molar-refractivity contribution in [3.63, 3.8) is 0 Å². The fraction of sp³-hybridized carbons (Fsp3) is 0.556. The predicted octanol–water partition coefficient (Wildman–Crippen LogP) is 0.504. The Morgan fingerprint density at radius 1 is 1.62 bits per heavy atom. The van der Waals surface area contributed by atoms with Gasteiger partial charge >= 0.3 is 0 Å². The lowest BCUT2D eigenvalue weighted by Gasteiger charge is -2.19. The third-order valence-corrected chi connectivity index (χ3v) is 2.52. The monoisotopic (exact) mass is 179 g/mol. The van der Waals surface area contributed by atoms with E-state index in [1.807, 2.05) is 21.8 Å². The van der Waals surface area contributed by atoms with Crippen LogP contribution >= 0.6 is 0 Å². The molecule has 0 aromatic carbocycles. The normalized spacial score (nSPS) is 22.2. The van der Waals surface area contributed by atoms with E-state index in [1.165, 1.54) is 0 Å². The van der Waals surface area contributed by atoms with Gasteiger partial charge in [0.1, 0.15) is 0 Å². The van der Waals surface area contributed by atoms with E-state index in [1.54, 1.807) is 6.20 Å². The smallest absolute Gasteiger partial charge is 0.210 e. The summed E-state index contributed by atoms with van der Waals surface area (Å²) in [5.74, 6) is 0. The molecule has 1 fully saturated rings. The fourth-order valence-electron chi connectivity index (χ4n) is 1.82. The van der Waals surface area contributed by atoms with Crippen molar-refractivity contribution in [2.45, 2.75) is 25.4 Å². The molecule has 1 aliphatic rings. The minimum Gasteiger partial charge on any atom is -0.340 e. The van der Waals surface area contributed by atoms with Gasteiger partial charge in [-0.3, -0.25) is 9.48 Å². The van der Waals surface area contributed by atoms with E-state index in [9.17, 15) is 4.79 Å². The summed E-state index contributed by atoms with van der Waals surface area (Å²) in [5, 5.41) is 4.12. The molecule has 0 bridgehead atoms. The molecule has 0 spiro atoms. The number of carbonyl (C=O) groups excluding carboxylic acids is 1. The topological polar surface area (TPSA) is 38.1 Å². The van der Waals surface area contributed by atoms with Gasteiger partial charge in [0.2, 0.25) is 6.41 Å². The van der Waals surface area contributed by atoms with Gasteiger partial charge in [-0.05, 0) is 18.9 Å². The maximum Gasteiger partial charge on any atom is 0.210 e. The summed E-state index contributed by atoms with van der Waals surface area (Å²) in [6.45, 7) is 1.72. The Hall–Kier alpha value is -1.32. The lowest BCUT2D eigenvalue weighted by molar-refractivity contribution is -0.119. The molecular weight excluding hydrogens is 166 g/mol. The van der Waals surface area contributed by atoms with Crippen molar-refractivity contribution < 1.29 is 4.79 Å². The van der Waals surface area contributed by atoms with Gasteiger partial charge in [-0.15, -0.1) is 0 Å². The average molecular weight is 179 g/mol. The summed E-state index contributed by atoms with van der Waals surface area (Å²) < 4.78 is 1.88. The van der Waals surface area contributed by atoms with Crippen LogP contribution in [0.2, 0.25) is 0 Å². The average Bonchev–Trinajstić information content (AvgIpc) is 2.76. The maximum absolute atomic E-state index is 10.6. The minimum absolute atomic E-state index is 0.345. The van der Waals surface area contributed by atoms with E-state index in [0.717, 1.165) is 32.3 Å². The van der Waals surface area contributed by atoms with Crippen molar-refractivity contribution in [3.8, 4) is 0 Å². The van der Waals surface area contributed by atoms with Crippen LogP contribution in [0.5, 0.6) is 0 Å². The van der Waals surface area contributed by atoms with Crippen molar-refractivity contribution in [1.29, 1.82) is 0 Å². The molecule has 0 radical (unpaired) electrons. The summed E-state index contributed by atoms with van der Waals surface area (Å²) in [6, 6.07) is 2.25. The van der Waals surface area contributed by atoms with E-state index >= 15 is 0 Å². The Morgan fingerprint density at radius 2 is 2.54 bits per heavy atom. The summed E-state index contributed by atoms with van der Waals surface area (Å²) in [5.41, 5.74) is 0. The molecule has 4 nitrogen and oxygen atoms in total. The van der Waals surface area contributed by atoms with Gasteiger partial charge in [-0.2, -0.15) is 5.10 Å². The summed E-state index contributed by atoms with van der Waals surface area (Å²) in [7, 11) is 0. The number of rotatable bonds is 3. The standard InChI is InChI=1S/C9H13N3O/c13-8-11-5-1-3-9(11)7-12-6-2-4-10-12/h2,4,6,8-9H,1,3,5,7H2/t9-/m0/s1. The molecule has 0 unspecified atom stereocenters. The molecule has 70 valence electrons. The highest BCUT2D eigenvalue weighted by Gasteiger charge is 2.22. The quantitative estimate of drug-likeness (QED) is 0.634. The first-order chi connectivity index (χ1) is 6.40. The Labute approximate surface area is 77.1 Å². The van der Waals surface area contributed by atoms with Crippen molar-refractivity contribution in [2.24, 2.45) is 0 Å². The molecular formula is C9H13N3O. The van der Waals surface area contributed by atoms with E-state index in [0.29, 0.717) is 6.04 Å². The van der Waals surface area contributed by atoms with Crippen LogP contribution in [0.25, 0.3) is 0 Å². The summed E-state index contributed by atoms with van der Waals surface area (Å²) >= 11 is 0. The summed E-state index contributed by atoms with van der Waals surface area (Å²) in [4.78, 5) is 12.5. The van der Waals surface area contributed by atoms with E-state index in [-0.39, 0.29) is 0 Å². The van der Waals surface area contributed by atoms with E-state index in [4.69, 9.17) is 0 Å². The first-order valence-corrected chi connectivity index (χ1v) is 4.58. The number of carbonyl (C=O) groups is 1. The Balaban J connectivity index is 1.97. The maximum atomic E-state index is 10.6. The first-order valence-electron chi connectivity index (χ1n) is 4.58. The van der Waals surface area contributed by atoms with Crippen LogP contribution < -0.4 is 0 Å². The summed E-state index contributed by atoms with van der Waals surface area (Å²) in [6.07, 6.45) is 6.85. The SMILES string of the molecule is O=CN1CCC[C@H]1Cn1cccn1. The van der Waals surface area contributed by atoms with Gasteiger partial charge in [0.05, 0.1) is 12.6 Å². The second-order valence-electron chi connectivity index (χ2n) is 3.37. The van der Waals surface area contributed by atoms with Crippen LogP contribution in [0.15, 0.2) is 18.5 Å². The Morgan fingerprint density at radius 3 is 3.23 bits per heavy atom. The highest BCUT2D eigenvalue weighted by Crippen LogP contribution is 2.16. The molecule has 0 saturated carbocycles. The Kier molecular flexibility index (Phi) is 2.29. The third-order valence-electron chi connectivity index (χ3n) is 2.52. The highest BCUT2D eigenvalue weighted by molar-refractivity contribution is 5.48. The minimum atomic E-state index is 0.345. The van der Waals surface area contributed by atoms with Crippen LogP contribution in [-0.2, 0) is 11.3 Å². The number of amides is 1. The first kappa shape index (κ1) is 8.29. The zero-order chi connectivity index (χ0) is 9.10. The molecule has 2 heterocycles. The van der Waals surface area contributed by atoms with Gasteiger partial charge in [0.25, 0.3) is 0 Å². The molecule has 0 N–H and O–H groups in total. The number of hydrogen-bond acceptors (Lipinski definition) is 2. The zero-order valence-corrected chi connectivity index (χ0v) is 7.47. The molecule has 4 heteroatoms. The van der Waals surface area contributed by atoms with Crippen LogP contribution in [0, 0.1) is 0 Å². The number of hydrogen-bond donors (Lipinski definition) is 0. The molecule has 13 heavy (non-hydrogen) atoms. The van der Waals surface area contributed by atoms with Crippen molar-refractivity contribution >= 4 is 6.41 Å². The molecule has 1 aromatic rings. The molecule has 1 aliphatic heterocycles. The Bertz CT molecular complexity index is 270. The van der Waals surface area contributed by atoms with Crippen LogP contribution in [0.1, 0.15) is 12.8 Å². The fourth-order valence-corrected chi connectivity index (χ4v) is 1.82. The zero-order valence-electron chi connectivity index (χ0n) is 7.47. The molecule has 2 rings (SSSR count). The van der Waals surface area contributed by atoms with Crippen LogP contribution in [0.3, 0.4) is 0 Å². The van der Waals surface area contributed by atoms with Crippen LogP contribution in [0.4, 0.5) is 0 Å². The van der Waals surface area contributed by atoms with E-state index in [2.05, 4.69) is 5.10 Å². The van der Waals surface area contributed by atoms with Gasteiger partial charge < -0.3 is 4.90 Å². The third kappa shape index (κ3) is 1.71.